The van der Waals surface area contributed by atoms with Crippen LogP contribution in [0, 0.1) is 11.8 Å². The third-order valence-corrected chi connectivity index (χ3v) is 2.40. The van der Waals surface area contributed by atoms with Gasteiger partial charge in [-0.3, -0.25) is 4.79 Å². The maximum atomic E-state index is 10.7. The number of hydrogen-bond acceptors (Lipinski definition) is 3. The number of ether oxygens (including phenoxy) is 2. The molecule has 1 rings (SSSR count). The molecule has 1 saturated heterocycles. The van der Waals surface area contributed by atoms with Gasteiger partial charge in [-0.2, -0.15) is 0 Å². The smallest absolute Gasteiger partial charge is 0.304 e. The molecule has 0 spiro atoms. The summed E-state index contributed by atoms with van der Waals surface area (Å²) in [6.07, 6.45) is 0.888. The third kappa shape index (κ3) is 2.69. The number of carbonyl (C=O) groups excluding carboxylic acids is 1. The minimum atomic E-state index is -0.329. The molecule has 3 nitrogen and oxygen atoms in total. The van der Waals surface area contributed by atoms with Gasteiger partial charge in [0.05, 0.1) is 6.10 Å². The first-order chi connectivity index (χ1) is 6.00. The molecule has 1 aliphatic heterocycles. The van der Waals surface area contributed by atoms with Crippen LogP contribution >= 0.6 is 0 Å². The lowest BCUT2D eigenvalue weighted by Crippen LogP contribution is -2.22. The fourth-order valence-electron chi connectivity index (χ4n) is 1.58. The Morgan fingerprint density at radius 2 is 2.15 bits per heavy atom. The highest BCUT2D eigenvalue weighted by atomic mass is 16.7. The van der Waals surface area contributed by atoms with Crippen molar-refractivity contribution in [2.24, 2.45) is 11.8 Å². The molecule has 0 N–H and O–H groups in total. The monoisotopic (exact) mass is 186 g/mol. The van der Waals surface area contributed by atoms with Crippen molar-refractivity contribution in [1.29, 1.82) is 0 Å². The van der Waals surface area contributed by atoms with Crippen LogP contribution in [0.25, 0.3) is 0 Å². The molecule has 1 heterocycles. The molecule has 0 aromatic carbocycles. The van der Waals surface area contributed by atoms with Crippen molar-refractivity contribution in [3.8, 4) is 0 Å². The van der Waals surface area contributed by atoms with Crippen LogP contribution in [-0.4, -0.2) is 18.4 Å². The summed E-state index contributed by atoms with van der Waals surface area (Å²) in [4.78, 5) is 10.7. The second kappa shape index (κ2) is 4.09. The van der Waals surface area contributed by atoms with Gasteiger partial charge in [0, 0.05) is 12.8 Å². The summed E-state index contributed by atoms with van der Waals surface area (Å²) < 4.78 is 10.6. The molecule has 0 aliphatic carbocycles. The van der Waals surface area contributed by atoms with E-state index in [0.29, 0.717) is 11.8 Å². The Morgan fingerprint density at radius 1 is 1.54 bits per heavy atom. The van der Waals surface area contributed by atoms with E-state index in [2.05, 4.69) is 20.8 Å². The van der Waals surface area contributed by atoms with E-state index in [4.69, 9.17) is 9.47 Å². The van der Waals surface area contributed by atoms with Crippen LogP contribution in [0.4, 0.5) is 0 Å². The largest absolute Gasteiger partial charge is 0.436 e. The van der Waals surface area contributed by atoms with Crippen LogP contribution in [0.5, 0.6) is 0 Å². The molecule has 1 fully saturated rings. The molecule has 0 aromatic heterocycles. The highest BCUT2D eigenvalue weighted by Crippen LogP contribution is 2.30. The fourth-order valence-corrected chi connectivity index (χ4v) is 1.58. The summed E-state index contributed by atoms with van der Waals surface area (Å²) in [5.74, 6) is 0.542. The first-order valence-electron chi connectivity index (χ1n) is 4.83. The Kier molecular flexibility index (Phi) is 3.31. The average molecular weight is 186 g/mol. The molecule has 76 valence electrons. The Balaban J connectivity index is 2.46. The van der Waals surface area contributed by atoms with Gasteiger partial charge in [-0.1, -0.05) is 20.8 Å². The molecule has 1 aliphatic rings. The molecule has 3 heteroatoms. The summed E-state index contributed by atoms with van der Waals surface area (Å²) in [7, 11) is 0. The van der Waals surface area contributed by atoms with Crippen molar-refractivity contribution < 1.29 is 14.3 Å². The van der Waals surface area contributed by atoms with Gasteiger partial charge in [-0.05, 0) is 12.3 Å². The quantitative estimate of drug-likeness (QED) is 0.618. The van der Waals surface area contributed by atoms with Crippen molar-refractivity contribution in [2.75, 3.05) is 0 Å². The van der Waals surface area contributed by atoms with Crippen molar-refractivity contribution in [1.82, 2.24) is 0 Å². The summed E-state index contributed by atoms with van der Waals surface area (Å²) in [6.45, 7) is 7.70. The lowest BCUT2D eigenvalue weighted by molar-refractivity contribution is -0.180. The first-order valence-corrected chi connectivity index (χ1v) is 4.83. The molecule has 0 radical (unpaired) electrons. The number of hydrogen-bond donors (Lipinski definition) is 0. The number of rotatable bonds is 2. The Hall–Kier alpha value is -0.570. The number of esters is 1. The van der Waals surface area contributed by atoms with Crippen molar-refractivity contribution in [3.05, 3.63) is 0 Å². The minimum Gasteiger partial charge on any atom is -0.436 e. The van der Waals surface area contributed by atoms with E-state index in [0.717, 1.165) is 6.42 Å². The van der Waals surface area contributed by atoms with Crippen LogP contribution in [0.15, 0.2) is 0 Å². The summed E-state index contributed by atoms with van der Waals surface area (Å²) in [5.41, 5.74) is 0. The van der Waals surface area contributed by atoms with Crippen LogP contribution in [0.3, 0.4) is 0 Å². The van der Waals surface area contributed by atoms with Crippen LogP contribution in [0.2, 0.25) is 0 Å². The standard InChI is InChI=1S/C10H18O3/c1-6(2)9-5-7(3)10(13-9)12-8(4)11/h6-7,9-10H,5H2,1-4H3/t7-,9+,10?/m0/s1. The van der Waals surface area contributed by atoms with E-state index in [1.807, 2.05) is 0 Å². The second-order valence-corrected chi connectivity index (χ2v) is 4.11. The summed E-state index contributed by atoms with van der Waals surface area (Å²) in [6, 6.07) is 0. The van der Waals surface area contributed by atoms with Crippen molar-refractivity contribution >= 4 is 5.97 Å². The minimum absolute atomic E-state index is 0.236. The predicted molar refractivity (Wildman–Crippen MR) is 49.0 cm³/mol. The van der Waals surface area contributed by atoms with Gasteiger partial charge in [0.15, 0.2) is 0 Å². The van der Waals surface area contributed by atoms with Gasteiger partial charge in [0.2, 0.25) is 6.29 Å². The SMILES string of the molecule is CC(=O)OC1O[C@@H](C(C)C)C[C@@H]1C. The van der Waals surface area contributed by atoms with Gasteiger partial charge >= 0.3 is 5.97 Å². The van der Waals surface area contributed by atoms with Crippen LogP contribution in [0.1, 0.15) is 34.1 Å². The molecule has 0 saturated carbocycles. The maximum Gasteiger partial charge on any atom is 0.304 e. The fraction of sp³-hybridized carbons (Fsp3) is 0.900. The predicted octanol–water partition coefficient (Wildman–Crippen LogP) is 1.96. The van der Waals surface area contributed by atoms with Gasteiger partial charge in [-0.25, -0.2) is 0 Å². The number of carbonyl (C=O) groups is 1. The lowest BCUT2D eigenvalue weighted by atomic mass is 9.99. The van der Waals surface area contributed by atoms with Crippen LogP contribution in [-0.2, 0) is 14.3 Å². The van der Waals surface area contributed by atoms with Gasteiger partial charge in [0.1, 0.15) is 0 Å². The molecule has 0 aromatic rings. The van der Waals surface area contributed by atoms with Gasteiger partial charge in [0.25, 0.3) is 0 Å². The molecule has 0 amide bonds. The molecule has 1 unspecified atom stereocenters. The average Bonchev–Trinajstić information content (AvgIpc) is 2.31. The molecule has 13 heavy (non-hydrogen) atoms. The molecule has 0 bridgehead atoms. The summed E-state index contributed by atoms with van der Waals surface area (Å²) in [5, 5.41) is 0. The second-order valence-electron chi connectivity index (χ2n) is 4.11. The topological polar surface area (TPSA) is 35.5 Å². The Morgan fingerprint density at radius 3 is 2.54 bits per heavy atom. The van der Waals surface area contributed by atoms with Crippen molar-refractivity contribution in [3.63, 3.8) is 0 Å². The third-order valence-electron chi connectivity index (χ3n) is 2.40. The zero-order valence-corrected chi connectivity index (χ0v) is 8.74. The zero-order valence-electron chi connectivity index (χ0n) is 8.74. The maximum absolute atomic E-state index is 10.7. The van der Waals surface area contributed by atoms with Crippen molar-refractivity contribution in [2.45, 2.75) is 46.5 Å². The van der Waals surface area contributed by atoms with E-state index in [1.165, 1.54) is 6.92 Å². The van der Waals surface area contributed by atoms with E-state index < -0.39 is 0 Å². The van der Waals surface area contributed by atoms with E-state index >= 15 is 0 Å². The highest BCUT2D eigenvalue weighted by Gasteiger charge is 2.35. The molecular weight excluding hydrogens is 168 g/mol. The zero-order chi connectivity index (χ0) is 10.0. The molecular formula is C10H18O3. The van der Waals surface area contributed by atoms with Crippen LogP contribution < -0.4 is 0 Å². The van der Waals surface area contributed by atoms with Gasteiger partial charge in [-0.15, -0.1) is 0 Å². The Labute approximate surface area is 79.4 Å². The van der Waals surface area contributed by atoms with E-state index in [9.17, 15) is 4.79 Å². The van der Waals surface area contributed by atoms with E-state index in [1.54, 1.807) is 0 Å². The van der Waals surface area contributed by atoms with E-state index in [-0.39, 0.29) is 18.4 Å². The Bertz CT molecular complexity index is 189. The first kappa shape index (κ1) is 10.5. The highest BCUT2D eigenvalue weighted by molar-refractivity contribution is 5.66. The molecule has 3 atom stereocenters. The van der Waals surface area contributed by atoms with Gasteiger partial charge < -0.3 is 9.47 Å². The normalized spacial score (nSPS) is 33.8. The summed E-state index contributed by atoms with van der Waals surface area (Å²) >= 11 is 0. The lowest BCUT2D eigenvalue weighted by Gasteiger charge is -2.16.